The fraction of sp³-hybridized carbons (Fsp3) is 0. The number of phenolic OH excluding ortho intramolecular Hbond substituents is 3. The van der Waals surface area contributed by atoms with Gasteiger partial charge in [-0.3, -0.25) is 0 Å². The zero-order valence-electron chi connectivity index (χ0n) is 8.04. The molecule has 0 amide bonds. The van der Waals surface area contributed by atoms with Gasteiger partial charge in [0.05, 0.1) is 17.4 Å². The molecule has 1 heterocycles. The molecule has 1 aromatic carbocycles. The summed E-state index contributed by atoms with van der Waals surface area (Å²) in [6.07, 6.45) is 1.19. The van der Waals surface area contributed by atoms with Crippen molar-refractivity contribution in [3.05, 3.63) is 40.9 Å². The Balaban J connectivity index is 2.75. The molecule has 0 saturated heterocycles. The van der Waals surface area contributed by atoms with Gasteiger partial charge in [0, 0.05) is 12.1 Å². The molecule has 2 aromatic rings. The highest BCUT2D eigenvalue weighted by molar-refractivity contribution is 5.76. The van der Waals surface area contributed by atoms with E-state index in [2.05, 4.69) is 4.42 Å². The van der Waals surface area contributed by atoms with Gasteiger partial charge in [-0.2, -0.15) is 0 Å². The molecule has 0 radical (unpaired) electrons. The average molecular weight is 220 g/mol. The van der Waals surface area contributed by atoms with E-state index in [-0.39, 0.29) is 16.9 Å². The van der Waals surface area contributed by atoms with Crippen molar-refractivity contribution in [1.29, 1.82) is 0 Å². The molecule has 0 aliphatic rings. The van der Waals surface area contributed by atoms with Gasteiger partial charge in [0.25, 0.3) is 0 Å². The first-order valence-electron chi connectivity index (χ1n) is 4.42. The van der Waals surface area contributed by atoms with E-state index >= 15 is 0 Å². The molecule has 3 N–H and O–H groups in total. The van der Waals surface area contributed by atoms with E-state index in [1.807, 2.05) is 0 Å². The van der Waals surface area contributed by atoms with Crippen molar-refractivity contribution in [3.63, 3.8) is 0 Å². The summed E-state index contributed by atoms with van der Waals surface area (Å²) in [6.45, 7) is 0. The second-order valence-electron chi connectivity index (χ2n) is 3.17. The highest BCUT2D eigenvalue weighted by Gasteiger charge is 2.15. The Bertz CT molecular complexity index is 562. The molecular weight excluding hydrogens is 212 g/mol. The van der Waals surface area contributed by atoms with Crippen LogP contribution in [0.2, 0.25) is 0 Å². The maximum atomic E-state index is 11.4. The van der Waals surface area contributed by atoms with Crippen LogP contribution in [0.1, 0.15) is 0 Å². The summed E-state index contributed by atoms with van der Waals surface area (Å²) >= 11 is 0. The Morgan fingerprint density at radius 1 is 1.06 bits per heavy atom. The molecule has 16 heavy (non-hydrogen) atoms. The predicted octanol–water partition coefficient (Wildman–Crippen LogP) is 1.42. The van der Waals surface area contributed by atoms with E-state index in [1.54, 1.807) is 0 Å². The van der Waals surface area contributed by atoms with Crippen LogP contribution in [0.25, 0.3) is 11.1 Å². The number of phenols is 3. The Morgan fingerprint density at radius 2 is 1.69 bits per heavy atom. The molecule has 0 aliphatic carbocycles. The fourth-order valence-electron chi connectivity index (χ4n) is 1.43. The van der Waals surface area contributed by atoms with E-state index in [0.717, 1.165) is 12.1 Å². The smallest absolute Gasteiger partial charge is 0.343 e. The largest absolute Gasteiger partial charge is 0.508 e. The maximum Gasteiger partial charge on any atom is 0.343 e. The second kappa shape index (κ2) is 3.62. The van der Waals surface area contributed by atoms with Crippen LogP contribution in [0, 0.1) is 0 Å². The summed E-state index contributed by atoms with van der Waals surface area (Å²) in [6, 6.07) is 4.92. The standard InChI is InChI=1S/C11H8O5/c12-6-4-8(13)10(9(14)5-6)7-2-1-3-16-11(7)15/h1-5,12-14H. The van der Waals surface area contributed by atoms with Crippen molar-refractivity contribution < 1.29 is 19.7 Å². The quantitative estimate of drug-likeness (QED) is 0.676. The van der Waals surface area contributed by atoms with Crippen molar-refractivity contribution in [2.24, 2.45) is 0 Å². The van der Waals surface area contributed by atoms with Crippen LogP contribution in [0.15, 0.2) is 39.7 Å². The van der Waals surface area contributed by atoms with E-state index in [1.165, 1.54) is 18.4 Å². The Kier molecular flexibility index (Phi) is 2.28. The Morgan fingerprint density at radius 3 is 2.25 bits per heavy atom. The minimum Gasteiger partial charge on any atom is -0.508 e. The lowest BCUT2D eigenvalue weighted by molar-refractivity contribution is 0.429. The topological polar surface area (TPSA) is 90.9 Å². The summed E-state index contributed by atoms with van der Waals surface area (Å²) in [4.78, 5) is 11.4. The minimum absolute atomic E-state index is 0.0255. The zero-order valence-corrected chi connectivity index (χ0v) is 8.04. The highest BCUT2D eigenvalue weighted by Crippen LogP contribution is 2.38. The first-order valence-corrected chi connectivity index (χ1v) is 4.42. The normalized spacial score (nSPS) is 10.2. The summed E-state index contributed by atoms with van der Waals surface area (Å²) in [5.41, 5.74) is -0.719. The van der Waals surface area contributed by atoms with Gasteiger partial charge in [-0.15, -0.1) is 0 Å². The number of hydrogen-bond donors (Lipinski definition) is 3. The molecular formula is C11H8O5. The van der Waals surface area contributed by atoms with Gasteiger partial charge in [0.15, 0.2) is 0 Å². The van der Waals surface area contributed by atoms with Gasteiger partial charge < -0.3 is 19.7 Å². The van der Waals surface area contributed by atoms with Crippen LogP contribution in [0.4, 0.5) is 0 Å². The molecule has 0 bridgehead atoms. The summed E-state index contributed by atoms with van der Waals surface area (Å²) in [5, 5.41) is 28.2. The zero-order chi connectivity index (χ0) is 11.7. The monoisotopic (exact) mass is 220 g/mol. The lowest BCUT2D eigenvalue weighted by Gasteiger charge is -2.06. The van der Waals surface area contributed by atoms with Crippen LogP contribution in [-0.4, -0.2) is 15.3 Å². The third-order valence-corrected chi connectivity index (χ3v) is 2.09. The van der Waals surface area contributed by atoms with E-state index < -0.39 is 17.1 Å². The van der Waals surface area contributed by atoms with E-state index in [0.29, 0.717) is 0 Å². The Hall–Kier alpha value is -2.43. The fourth-order valence-corrected chi connectivity index (χ4v) is 1.43. The average Bonchev–Trinajstić information content (AvgIpc) is 2.19. The van der Waals surface area contributed by atoms with Gasteiger partial charge >= 0.3 is 5.63 Å². The third-order valence-electron chi connectivity index (χ3n) is 2.09. The SMILES string of the molecule is O=c1occcc1-c1c(O)cc(O)cc1O. The first-order chi connectivity index (χ1) is 7.59. The van der Waals surface area contributed by atoms with Gasteiger partial charge in [-0.05, 0) is 12.1 Å². The molecule has 0 atom stereocenters. The lowest BCUT2D eigenvalue weighted by Crippen LogP contribution is -2.01. The highest BCUT2D eigenvalue weighted by atomic mass is 16.4. The van der Waals surface area contributed by atoms with Gasteiger partial charge in [-0.1, -0.05) is 0 Å². The van der Waals surface area contributed by atoms with Crippen LogP contribution in [-0.2, 0) is 0 Å². The molecule has 1 aromatic heterocycles. The van der Waals surface area contributed by atoms with Gasteiger partial charge in [0.1, 0.15) is 17.2 Å². The molecule has 0 spiro atoms. The van der Waals surface area contributed by atoms with Crippen molar-refractivity contribution in [1.82, 2.24) is 0 Å². The molecule has 0 aliphatic heterocycles. The summed E-state index contributed by atoms with van der Waals surface area (Å²) < 4.78 is 4.61. The number of aromatic hydroxyl groups is 3. The molecule has 0 saturated carbocycles. The lowest BCUT2D eigenvalue weighted by atomic mass is 10.1. The van der Waals surface area contributed by atoms with Crippen molar-refractivity contribution in [3.8, 4) is 28.4 Å². The van der Waals surface area contributed by atoms with Crippen molar-refractivity contribution in [2.45, 2.75) is 0 Å². The van der Waals surface area contributed by atoms with Crippen molar-refractivity contribution in [2.75, 3.05) is 0 Å². The van der Waals surface area contributed by atoms with E-state index in [9.17, 15) is 15.0 Å². The number of rotatable bonds is 1. The molecule has 82 valence electrons. The van der Waals surface area contributed by atoms with Gasteiger partial charge in [-0.25, -0.2) is 4.79 Å². The molecule has 0 fully saturated rings. The number of benzene rings is 1. The molecule has 5 heteroatoms. The summed E-state index contributed by atoms with van der Waals surface area (Å²) in [5.74, 6) is -1.08. The van der Waals surface area contributed by atoms with Crippen LogP contribution in [0.3, 0.4) is 0 Å². The van der Waals surface area contributed by atoms with Crippen LogP contribution in [0.5, 0.6) is 17.2 Å². The summed E-state index contributed by atoms with van der Waals surface area (Å²) in [7, 11) is 0. The first kappa shape index (κ1) is 10.1. The predicted molar refractivity (Wildman–Crippen MR) is 55.4 cm³/mol. The van der Waals surface area contributed by atoms with Gasteiger partial charge in [0.2, 0.25) is 0 Å². The van der Waals surface area contributed by atoms with Crippen LogP contribution >= 0.6 is 0 Å². The maximum absolute atomic E-state index is 11.4. The molecule has 0 unspecified atom stereocenters. The molecule has 2 rings (SSSR count). The number of hydrogen-bond acceptors (Lipinski definition) is 5. The second-order valence-corrected chi connectivity index (χ2v) is 3.17. The van der Waals surface area contributed by atoms with E-state index in [4.69, 9.17) is 5.11 Å². The Labute approximate surface area is 89.8 Å². The molecule has 5 nitrogen and oxygen atoms in total. The van der Waals surface area contributed by atoms with Crippen LogP contribution < -0.4 is 5.63 Å². The third kappa shape index (κ3) is 1.58. The minimum atomic E-state index is -0.682. The van der Waals surface area contributed by atoms with Crippen molar-refractivity contribution >= 4 is 0 Å².